The molecule has 23 heavy (non-hydrogen) atoms. The van der Waals surface area contributed by atoms with Gasteiger partial charge < -0.3 is 16.4 Å². The summed E-state index contributed by atoms with van der Waals surface area (Å²) >= 11 is 0. The molecule has 0 spiro atoms. The SMILES string of the molecule is CC(C)(N)C1CCC(C(=O)Nc2ccnc3c2CC(=O)N3)CC1. The van der Waals surface area contributed by atoms with E-state index >= 15 is 0 Å². The standard InChI is InChI=1S/C17H24N4O2/c1-17(2,18)11-5-3-10(4-6-11)16(23)20-13-7-8-19-15-12(13)9-14(22)21-15/h7-8,10-11H,3-6,9,18H2,1-2H3,(H2,19,20,21,22,23). The smallest absolute Gasteiger partial charge is 0.230 e. The maximum absolute atomic E-state index is 12.5. The van der Waals surface area contributed by atoms with Crippen molar-refractivity contribution >= 4 is 23.3 Å². The summed E-state index contributed by atoms with van der Waals surface area (Å²) in [6.07, 6.45) is 5.57. The lowest BCUT2D eigenvalue weighted by Crippen LogP contribution is -2.43. The molecule has 4 N–H and O–H groups in total. The van der Waals surface area contributed by atoms with Crippen molar-refractivity contribution in [3.05, 3.63) is 17.8 Å². The highest BCUT2D eigenvalue weighted by Crippen LogP contribution is 2.35. The minimum Gasteiger partial charge on any atom is -0.325 e. The number of aromatic nitrogens is 1. The number of amides is 2. The summed E-state index contributed by atoms with van der Waals surface area (Å²) in [7, 11) is 0. The zero-order valence-electron chi connectivity index (χ0n) is 13.7. The van der Waals surface area contributed by atoms with Gasteiger partial charge in [-0.25, -0.2) is 4.98 Å². The Balaban J connectivity index is 1.63. The van der Waals surface area contributed by atoms with Crippen LogP contribution in [0, 0.1) is 11.8 Å². The van der Waals surface area contributed by atoms with Gasteiger partial charge in [0.1, 0.15) is 5.82 Å². The first-order chi connectivity index (χ1) is 10.8. The second-order valence-electron chi connectivity index (χ2n) is 7.27. The van der Waals surface area contributed by atoms with Crippen molar-refractivity contribution < 1.29 is 9.59 Å². The molecule has 1 fully saturated rings. The normalized spacial score (nSPS) is 24.0. The van der Waals surface area contributed by atoms with Crippen LogP contribution in [0.1, 0.15) is 45.1 Å². The van der Waals surface area contributed by atoms with E-state index in [1.807, 2.05) is 0 Å². The molecule has 1 aliphatic carbocycles. The molecule has 0 aromatic carbocycles. The van der Waals surface area contributed by atoms with Crippen molar-refractivity contribution in [1.29, 1.82) is 0 Å². The third kappa shape index (κ3) is 3.37. The van der Waals surface area contributed by atoms with Gasteiger partial charge in [0.05, 0.1) is 6.42 Å². The predicted octanol–water partition coefficient (Wildman–Crippen LogP) is 2.06. The Labute approximate surface area is 136 Å². The van der Waals surface area contributed by atoms with Gasteiger partial charge in [-0.15, -0.1) is 0 Å². The fourth-order valence-corrected chi connectivity index (χ4v) is 3.57. The van der Waals surface area contributed by atoms with Gasteiger partial charge in [0.25, 0.3) is 0 Å². The quantitative estimate of drug-likeness (QED) is 0.795. The number of nitrogens with one attached hydrogen (secondary N) is 2. The minimum atomic E-state index is -0.181. The lowest BCUT2D eigenvalue weighted by molar-refractivity contribution is -0.121. The maximum Gasteiger partial charge on any atom is 0.230 e. The monoisotopic (exact) mass is 316 g/mol. The Morgan fingerprint density at radius 3 is 2.70 bits per heavy atom. The molecule has 3 rings (SSSR count). The van der Waals surface area contributed by atoms with Gasteiger partial charge in [0, 0.05) is 28.9 Å². The molecule has 124 valence electrons. The van der Waals surface area contributed by atoms with Crippen molar-refractivity contribution in [2.45, 2.75) is 51.5 Å². The molecule has 0 saturated heterocycles. The van der Waals surface area contributed by atoms with Crippen LogP contribution in [-0.2, 0) is 16.0 Å². The van der Waals surface area contributed by atoms with E-state index in [0.29, 0.717) is 17.4 Å². The number of hydrogen-bond acceptors (Lipinski definition) is 4. The van der Waals surface area contributed by atoms with Crippen LogP contribution < -0.4 is 16.4 Å². The highest BCUT2D eigenvalue weighted by molar-refractivity contribution is 6.02. The summed E-state index contributed by atoms with van der Waals surface area (Å²) in [4.78, 5) is 28.2. The first kappa shape index (κ1) is 15.9. The fraction of sp³-hybridized carbons (Fsp3) is 0.588. The van der Waals surface area contributed by atoms with E-state index in [4.69, 9.17) is 5.73 Å². The topological polar surface area (TPSA) is 97.1 Å². The Hall–Kier alpha value is -1.95. The first-order valence-corrected chi connectivity index (χ1v) is 8.22. The number of nitrogens with zero attached hydrogens (tertiary/aromatic N) is 1. The van der Waals surface area contributed by atoms with Gasteiger partial charge in [0.2, 0.25) is 11.8 Å². The zero-order valence-corrected chi connectivity index (χ0v) is 13.7. The van der Waals surface area contributed by atoms with E-state index in [9.17, 15) is 9.59 Å². The van der Waals surface area contributed by atoms with Gasteiger partial charge in [0.15, 0.2) is 0 Å². The summed E-state index contributed by atoms with van der Waals surface area (Å²) < 4.78 is 0. The molecule has 1 aliphatic heterocycles. The number of carbonyl (C=O) groups excluding carboxylic acids is 2. The van der Waals surface area contributed by atoms with E-state index in [-0.39, 0.29) is 29.7 Å². The maximum atomic E-state index is 12.5. The van der Waals surface area contributed by atoms with Crippen LogP contribution >= 0.6 is 0 Å². The molecule has 1 saturated carbocycles. The number of anilines is 2. The van der Waals surface area contributed by atoms with Crippen LogP contribution in [0.4, 0.5) is 11.5 Å². The Morgan fingerprint density at radius 2 is 2.04 bits per heavy atom. The summed E-state index contributed by atoms with van der Waals surface area (Å²) in [6, 6.07) is 1.76. The van der Waals surface area contributed by atoms with E-state index in [0.717, 1.165) is 31.2 Å². The third-order valence-electron chi connectivity index (χ3n) is 5.06. The Kier molecular flexibility index (Phi) is 4.10. The second-order valence-corrected chi connectivity index (χ2v) is 7.27. The highest BCUT2D eigenvalue weighted by Gasteiger charge is 2.33. The fourth-order valence-electron chi connectivity index (χ4n) is 3.57. The number of hydrogen-bond donors (Lipinski definition) is 3. The van der Waals surface area contributed by atoms with E-state index in [1.165, 1.54) is 0 Å². The van der Waals surface area contributed by atoms with Gasteiger partial charge in [-0.05, 0) is 51.5 Å². The molecule has 0 bridgehead atoms. The molecule has 0 atom stereocenters. The average Bonchev–Trinajstić information content (AvgIpc) is 2.88. The lowest BCUT2D eigenvalue weighted by atomic mass is 9.73. The summed E-state index contributed by atoms with van der Waals surface area (Å²) in [5, 5.41) is 5.68. The highest BCUT2D eigenvalue weighted by atomic mass is 16.2. The van der Waals surface area contributed by atoms with Crippen LogP contribution in [0.2, 0.25) is 0 Å². The molecular weight excluding hydrogens is 292 g/mol. The number of carbonyl (C=O) groups is 2. The molecule has 2 amide bonds. The predicted molar refractivity (Wildman–Crippen MR) is 88.9 cm³/mol. The molecule has 6 heteroatoms. The zero-order chi connectivity index (χ0) is 16.6. The molecule has 2 heterocycles. The summed E-state index contributed by atoms with van der Waals surface area (Å²) in [5.41, 5.74) is 7.48. The van der Waals surface area contributed by atoms with Crippen LogP contribution in [0.15, 0.2) is 12.3 Å². The van der Waals surface area contributed by atoms with Gasteiger partial charge in [-0.3, -0.25) is 9.59 Å². The second kappa shape index (κ2) is 5.92. The Bertz CT molecular complexity index is 628. The van der Waals surface area contributed by atoms with Crippen molar-refractivity contribution in [2.75, 3.05) is 10.6 Å². The van der Waals surface area contributed by atoms with Crippen molar-refractivity contribution in [1.82, 2.24) is 4.98 Å². The largest absolute Gasteiger partial charge is 0.325 e. The van der Waals surface area contributed by atoms with Gasteiger partial charge in [-0.2, -0.15) is 0 Å². The number of rotatable bonds is 3. The molecule has 1 aromatic rings. The van der Waals surface area contributed by atoms with Gasteiger partial charge in [-0.1, -0.05) is 0 Å². The molecule has 6 nitrogen and oxygen atoms in total. The first-order valence-electron chi connectivity index (χ1n) is 8.22. The average molecular weight is 316 g/mol. The van der Waals surface area contributed by atoms with Crippen molar-refractivity contribution in [2.24, 2.45) is 17.6 Å². The summed E-state index contributed by atoms with van der Waals surface area (Å²) in [5.74, 6) is 0.994. The molecule has 1 aromatic heterocycles. The molecule has 0 unspecified atom stereocenters. The minimum absolute atomic E-state index is 0.0162. The van der Waals surface area contributed by atoms with Crippen LogP contribution in [0.25, 0.3) is 0 Å². The summed E-state index contributed by atoms with van der Waals surface area (Å²) in [6.45, 7) is 4.12. The van der Waals surface area contributed by atoms with Crippen LogP contribution in [0.3, 0.4) is 0 Å². The molecule has 0 radical (unpaired) electrons. The van der Waals surface area contributed by atoms with E-state index in [1.54, 1.807) is 12.3 Å². The lowest BCUT2D eigenvalue weighted by Gasteiger charge is -2.36. The van der Waals surface area contributed by atoms with Crippen molar-refractivity contribution in [3.8, 4) is 0 Å². The van der Waals surface area contributed by atoms with Gasteiger partial charge >= 0.3 is 0 Å². The number of fused-ring (bicyclic) bond motifs is 1. The van der Waals surface area contributed by atoms with E-state index in [2.05, 4.69) is 29.5 Å². The van der Waals surface area contributed by atoms with Crippen molar-refractivity contribution in [3.63, 3.8) is 0 Å². The molecular formula is C17H24N4O2. The van der Waals surface area contributed by atoms with E-state index < -0.39 is 0 Å². The van der Waals surface area contributed by atoms with Crippen LogP contribution in [0.5, 0.6) is 0 Å². The Morgan fingerprint density at radius 1 is 1.35 bits per heavy atom. The number of pyridine rings is 1. The third-order valence-corrected chi connectivity index (χ3v) is 5.06. The molecule has 2 aliphatic rings. The van der Waals surface area contributed by atoms with Crippen LogP contribution in [-0.4, -0.2) is 22.3 Å². The number of nitrogens with two attached hydrogens (primary N) is 1.